The molecule has 1 amide bonds. The summed E-state index contributed by atoms with van der Waals surface area (Å²) in [7, 11) is 1.32. The van der Waals surface area contributed by atoms with Crippen LogP contribution in [0.2, 0.25) is 0 Å². The minimum Gasteiger partial charge on any atom is -0.453 e. The topological polar surface area (TPSA) is 103 Å². The van der Waals surface area contributed by atoms with Crippen LogP contribution in [0.5, 0.6) is 0 Å². The van der Waals surface area contributed by atoms with Crippen molar-refractivity contribution in [2.24, 2.45) is 0 Å². The van der Waals surface area contributed by atoms with E-state index in [0.717, 1.165) is 33.4 Å². The molecule has 0 saturated heterocycles. The maximum Gasteiger partial charge on any atom is 0.411 e. The number of carbonyl (C=O) groups is 1. The zero-order valence-corrected chi connectivity index (χ0v) is 15.6. The molecular formula is C22H17N5O2. The number of hydrogen-bond acceptors (Lipinski definition) is 5. The number of rotatable bonds is 4. The van der Waals surface area contributed by atoms with E-state index in [4.69, 9.17) is 10.00 Å². The predicted octanol–water partition coefficient (Wildman–Crippen LogP) is 5.02. The molecule has 0 aliphatic carbocycles. The van der Waals surface area contributed by atoms with Gasteiger partial charge >= 0.3 is 6.09 Å². The first-order valence-corrected chi connectivity index (χ1v) is 8.86. The van der Waals surface area contributed by atoms with Crippen molar-refractivity contribution in [2.75, 3.05) is 17.7 Å². The average Bonchev–Trinajstić information content (AvgIpc) is 3.23. The summed E-state index contributed by atoms with van der Waals surface area (Å²) in [6, 6.07) is 19.1. The number of nitriles is 1. The Labute approximate surface area is 167 Å². The van der Waals surface area contributed by atoms with Gasteiger partial charge in [0.1, 0.15) is 11.8 Å². The van der Waals surface area contributed by atoms with Crippen LogP contribution in [-0.2, 0) is 4.74 Å². The summed E-state index contributed by atoms with van der Waals surface area (Å²) in [5, 5.41) is 16.0. The highest BCUT2D eigenvalue weighted by molar-refractivity contribution is 5.97. The molecule has 0 atom stereocenters. The summed E-state index contributed by atoms with van der Waals surface area (Å²) < 4.78 is 4.73. The Morgan fingerprint density at radius 2 is 1.97 bits per heavy atom. The van der Waals surface area contributed by atoms with Crippen LogP contribution in [0.25, 0.3) is 22.0 Å². The standard InChI is InChI=1S/C22H17N5O2/c1-29-22(28)27-18-10-14(19-3-2-4-21-20(19)7-8-24-21)9-17(11-18)26-16-6-5-15(12-23)25-13-16/h2-11,13,24,26H,1H3,(H,27,28). The van der Waals surface area contributed by atoms with Crippen molar-refractivity contribution >= 4 is 34.1 Å². The number of carbonyl (C=O) groups excluding carboxylic acids is 1. The van der Waals surface area contributed by atoms with Crippen LogP contribution in [0.3, 0.4) is 0 Å². The van der Waals surface area contributed by atoms with Crippen molar-refractivity contribution in [3.05, 3.63) is 72.7 Å². The van der Waals surface area contributed by atoms with E-state index in [9.17, 15) is 4.79 Å². The molecule has 4 aromatic rings. The number of amides is 1. The van der Waals surface area contributed by atoms with Gasteiger partial charge in [0, 0.05) is 28.5 Å². The number of methoxy groups -OCH3 is 1. The Bertz CT molecular complexity index is 1220. The van der Waals surface area contributed by atoms with Crippen LogP contribution < -0.4 is 10.6 Å². The fraction of sp³-hybridized carbons (Fsp3) is 0.0455. The third kappa shape index (κ3) is 3.87. The Balaban J connectivity index is 1.77. The maximum atomic E-state index is 11.7. The number of ether oxygens (including phenoxy) is 1. The fourth-order valence-corrected chi connectivity index (χ4v) is 3.13. The van der Waals surface area contributed by atoms with Crippen molar-refractivity contribution in [1.29, 1.82) is 5.26 Å². The van der Waals surface area contributed by atoms with Gasteiger partial charge in [0.05, 0.1) is 19.0 Å². The molecule has 7 nitrogen and oxygen atoms in total. The van der Waals surface area contributed by atoms with E-state index in [-0.39, 0.29) is 0 Å². The van der Waals surface area contributed by atoms with E-state index >= 15 is 0 Å². The van der Waals surface area contributed by atoms with E-state index in [0.29, 0.717) is 11.4 Å². The molecule has 0 unspecified atom stereocenters. The molecule has 142 valence electrons. The highest BCUT2D eigenvalue weighted by Crippen LogP contribution is 2.33. The molecule has 2 aromatic carbocycles. The minimum absolute atomic E-state index is 0.344. The van der Waals surface area contributed by atoms with E-state index < -0.39 is 6.09 Å². The fourth-order valence-electron chi connectivity index (χ4n) is 3.13. The number of hydrogen-bond donors (Lipinski definition) is 3. The molecular weight excluding hydrogens is 366 g/mol. The quantitative estimate of drug-likeness (QED) is 0.459. The van der Waals surface area contributed by atoms with Crippen molar-refractivity contribution in [2.45, 2.75) is 0 Å². The lowest BCUT2D eigenvalue weighted by Crippen LogP contribution is -2.11. The maximum absolute atomic E-state index is 11.7. The van der Waals surface area contributed by atoms with Crippen LogP contribution in [-0.4, -0.2) is 23.2 Å². The van der Waals surface area contributed by atoms with Crippen molar-refractivity contribution in [1.82, 2.24) is 9.97 Å². The molecule has 7 heteroatoms. The Hall–Kier alpha value is -4.31. The lowest BCUT2D eigenvalue weighted by molar-refractivity contribution is 0.187. The average molecular weight is 383 g/mol. The van der Waals surface area contributed by atoms with E-state index in [1.807, 2.05) is 48.7 Å². The monoisotopic (exact) mass is 383 g/mol. The molecule has 4 rings (SSSR count). The lowest BCUT2D eigenvalue weighted by atomic mass is 10.0. The number of anilines is 3. The molecule has 2 heterocycles. The van der Waals surface area contributed by atoms with Crippen LogP contribution in [0.15, 0.2) is 67.0 Å². The number of nitrogens with zero attached hydrogens (tertiary/aromatic N) is 2. The van der Waals surface area contributed by atoms with E-state index in [1.165, 1.54) is 7.11 Å². The molecule has 0 saturated carbocycles. The first-order chi connectivity index (χ1) is 14.2. The summed E-state index contributed by atoms with van der Waals surface area (Å²) in [5.41, 5.74) is 5.39. The van der Waals surface area contributed by atoms with Gasteiger partial charge < -0.3 is 15.0 Å². The van der Waals surface area contributed by atoms with Gasteiger partial charge in [0.15, 0.2) is 0 Å². The van der Waals surface area contributed by atoms with Gasteiger partial charge in [-0.05, 0) is 53.6 Å². The summed E-state index contributed by atoms with van der Waals surface area (Å²) in [6.45, 7) is 0. The number of H-pyrrole nitrogens is 1. The summed E-state index contributed by atoms with van der Waals surface area (Å²) in [6.07, 6.45) is 2.94. The summed E-state index contributed by atoms with van der Waals surface area (Å²) in [4.78, 5) is 19.0. The predicted molar refractivity (Wildman–Crippen MR) is 112 cm³/mol. The Morgan fingerprint density at radius 3 is 2.72 bits per heavy atom. The molecule has 0 bridgehead atoms. The van der Waals surface area contributed by atoms with Crippen LogP contribution in [0.1, 0.15) is 5.69 Å². The number of nitrogens with one attached hydrogen (secondary N) is 3. The molecule has 0 fully saturated rings. The molecule has 3 N–H and O–H groups in total. The minimum atomic E-state index is -0.548. The normalized spacial score (nSPS) is 10.3. The van der Waals surface area contributed by atoms with Gasteiger partial charge in [-0.2, -0.15) is 5.26 Å². The highest BCUT2D eigenvalue weighted by atomic mass is 16.5. The lowest BCUT2D eigenvalue weighted by Gasteiger charge is -2.13. The molecule has 0 radical (unpaired) electrons. The number of pyridine rings is 1. The third-order valence-electron chi connectivity index (χ3n) is 4.44. The van der Waals surface area contributed by atoms with Gasteiger partial charge in [-0.3, -0.25) is 5.32 Å². The second-order valence-electron chi connectivity index (χ2n) is 6.33. The van der Waals surface area contributed by atoms with Gasteiger partial charge in [-0.15, -0.1) is 0 Å². The second-order valence-corrected chi connectivity index (χ2v) is 6.33. The first-order valence-electron chi connectivity index (χ1n) is 8.86. The van der Waals surface area contributed by atoms with Gasteiger partial charge in [0.25, 0.3) is 0 Å². The van der Waals surface area contributed by atoms with Crippen LogP contribution >= 0.6 is 0 Å². The SMILES string of the molecule is COC(=O)Nc1cc(Nc2ccc(C#N)nc2)cc(-c2cccc3[nH]ccc23)c1. The van der Waals surface area contributed by atoms with Crippen LogP contribution in [0, 0.1) is 11.3 Å². The highest BCUT2D eigenvalue weighted by Gasteiger charge is 2.10. The number of fused-ring (bicyclic) bond motifs is 1. The molecule has 0 aliphatic rings. The number of aromatic nitrogens is 2. The number of benzene rings is 2. The summed E-state index contributed by atoms with van der Waals surface area (Å²) >= 11 is 0. The van der Waals surface area contributed by atoms with Crippen LogP contribution in [0.4, 0.5) is 21.9 Å². The zero-order valence-electron chi connectivity index (χ0n) is 15.6. The smallest absolute Gasteiger partial charge is 0.411 e. The van der Waals surface area contributed by atoms with Gasteiger partial charge in [0.2, 0.25) is 0 Å². The molecule has 0 spiro atoms. The van der Waals surface area contributed by atoms with E-state index in [2.05, 4.69) is 20.6 Å². The van der Waals surface area contributed by atoms with Crippen molar-refractivity contribution in [3.8, 4) is 17.2 Å². The third-order valence-corrected chi connectivity index (χ3v) is 4.44. The molecule has 29 heavy (non-hydrogen) atoms. The van der Waals surface area contributed by atoms with Gasteiger partial charge in [-0.1, -0.05) is 12.1 Å². The molecule has 2 aromatic heterocycles. The van der Waals surface area contributed by atoms with Crippen molar-refractivity contribution in [3.63, 3.8) is 0 Å². The first kappa shape index (κ1) is 18.1. The second kappa shape index (κ2) is 7.74. The number of aromatic amines is 1. The molecule has 0 aliphatic heterocycles. The largest absolute Gasteiger partial charge is 0.453 e. The Morgan fingerprint density at radius 1 is 1.10 bits per heavy atom. The Kier molecular flexibility index (Phi) is 4.82. The van der Waals surface area contributed by atoms with Gasteiger partial charge in [-0.25, -0.2) is 9.78 Å². The van der Waals surface area contributed by atoms with E-state index in [1.54, 1.807) is 24.4 Å². The zero-order chi connectivity index (χ0) is 20.2. The summed E-state index contributed by atoms with van der Waals surface area (Å²) in [5.74, 6) is 0. The van der Waals surface area contributed by atoms with Crippen molar-refractivity contribution < 1.29 is 9.53 Å².